The summed E-state index contributed by atoms with van der Waals surface area (Å²) in [5, 5.41) is 3.23. The first kappa shape index (κ1) is 13.6. The van der Waals surface area contributed by atoms with E-state index in [0.29, 0.717) is 17.6 Å². The number of H-pyrrole nitrogens is 1. The van der Waals surface area contributed by atoms with Crippen molar-refractivity contribution >= 4 is 22.9 Å². The van der Waals surface area contributed by atoms with Crippen molar-refractivity contribution in [3.8, 4) is 0 Å². The summed E-state index contributed by atoms with van der Waals surface area (Å²) in [5.41, 5.74) is 1.61. The topological polar surface area (TPSA) is 69.7 Å². The molecule has 0 bridgehead atoms. The molecule has 0 saturated heterocycles. The maximum atomic E-state index is 4.64. The van der Waals surface area contributed by atoms with Gasteiger partial charge in [-0.15, -0.1) is 0 Å². The number of aromatic amines is 1. The van der Waals surface area contributed by atoms with Crippen LogP contribution in [-0.4, -0.2) is 39.1 Å². The maximum Gasteiger partial charge on any atom is 0.226 e. The Kier molecular flexibility index (Phi) is 4.19. The van der Waals surface area contributed by atoms with Gasteiger partial charge in [0.25, 0.3) is 0 Å². The third-order valence-electron chi connectivity index (χ3n) is 3.04. The zero-order valence-corrected chi connectivity index (χ0v) is 12.1. The molecule has 0 aromatic carbocycles. The first-order valence-electron chi connectivity index (χ1n) is 6.89. The van der Waals surface area contributed by atoms with Gasteiger partial charge < -0.3 is 15.2 Å². The number of fused-ring (bicyclic) bond motifs is 1. The lowest BCUT2D eigenvalue weighted by molar-refractivity contribution is 0.695. The fraction of sp³-hybridized carbons (Fsp3) is 0.615. The van der Waals surface area contributed by atoms with E-state index in [0.717, 1.165) is 30.8 Å². The van der Waals surface area contributed by atoms with Crippen LogP contribution in [0.4, 0.5) is 11.8 Å². The first-order valence-corrected chi connectivity index (χ1v) is 6.89. The number of anilines is 2. The summed E-state index contributed by atoms with van der Waals surface area (Å²) in [5.74, 6) is 1.56. The highest BCUT2D eigenvalue weighted by Gasteiger charge is 2.17. The molecule has 104 valence electrons. The van der Waals surface area contributed by atoms with Gasteiger partial charge in [-0.1, -0.05) is 6.92 Å². The predicted molar refractivity (Wildman–Crippen MR) is 78.6 cm³/mol. The number of nitrogens with one attached hydrogen (secondary N) is 2. The molecule has 2 heterocycles. The average molecular weight is 262 g/mol. The summed E-state index contributed by atoms with van der Waals surface area (Å²) >= 11 is 0. The lowest BCUT2D eigenvalue weighted by Gasteiger charge is -2.26. The molecule has 0 aliphatic heterocycles. The van der Waals surface area contributed by atoms with E-state index in [1.165, 1.54) is 0 Å². The number of rotatable bonds is 6. The fourth-order valence-corrected chi connectivity index (χ4v) is 2.10. The molecule has 2 aromatic rings. The number of hydrogen-bond acceptors (Lipinski definition) is 5. The molecule has 0 spiro atoms. The van der Waals surface area contributed by atoms with Crippen molar-refractivity contribution in [2.24, 2.45) is 0 Å². The number of nitrogens with zero attached hydrogens (tertiary/aromatic N) is 4. The van der Waals surface area contributed by atoms with Gasteiger partial charge in [0.1, 0.15) is 5.52 Å². The standard InChI is InChI=1S/C13H22N6/c1-5-7-14-13-17-11-10(15-8-16-11)12(18-13)19(6-2)9(3)4/h8-9H,5-7H2,1-4H3,(H2,14,15,16,17,18). The van der Waals surface area contributed by atoms with Crippen molar-refractivity contribution in [3.05, 3.63) is 6.33 Å². The summed E-state index contributed by atoms with van der Waals surface area (Å²) in [6.45, 7) is 10.3. The number of imidazole rings is 1. The van der Waals surface area contributed by atoms with Crippen molar-refractivity contribution in [3.63, 3.8) is 0 Å². The molecule has 19 heavy (non-hydrogen) atoms. The minimum Gasteiger partial charge on any atom is -0.354 e. The Morgan fingerprint density at radius 1 is 1.32 bits per heavy atom. The van der Waals surface area contributed by atoms with E-state index >= 15 is 0 Å². The van der Waals surface area contributed by atoms with Crippen LogP contribution in [0.25, 0.3) is 11.2 Å². The summed E-state index contributed by atoms with van der Waals surface area (Å²) < 4.78 is 0. The molecule has 2 aromatic heterocycles. The molecule has 0 aliphatic rings. The van der Waals surface area contributed by atoms with Gasteiger partial charge in [0.2, 0.25) is 5.95 Å². The van der Waals surface area contributed by atoms with Gasteiger partial charge in [-0.25, -0.2) is 4.98 Å². The first-order chi connectivity index (χ1) is 9.17. The third kappa shape index (κ3) is 2.77. The van der Waals surface area contributed by atoms with E-state index in [9.17, 15) is 0 Å². The van der Waals surface area contributed by atoms with E-state index in [2.05, 4.69) is 57.8 Å². The largest absolute Gasteiger partial charge is 0.354 e. The Morgan fingerprint density at radius 3 is 2.74 bits per heavy atom. The molecule has 0 aliphatic carbocycles. The highest BCUT2D eigenvalue weighted by Crippen LogP contribution is 2.24. The molecule has 2 rings (SSSR count). The van der Waals surface area contributed by atoms with Crippen molar-refractivity contribution in [1.82, 2.24) is 19.9 Å². The monoisotopic (exact) mass is 262 g/mol. The molecule has 0 radical (unpaired) electrons. The van der Waals surface area contributed by atoms with Gasteiger partial charge in [0.15, 0.2) is 11.5 Å². The Balaban J connectivity index is 2.46. The van der Waals surface area contributed by atoms with E-state index in [4.69, 9.17) is 0 Å². The average Bonchev–Trinajstić information content (AvgIpc) is 2.85. The van der Waals surface area contributed by atoms with E-state index in [-0.39, 0.29) is 0 Å². The Hall–Kier alpha value is -1.85. The summed E-state index contributed by atoms with van der Waals surface area (Å²) in [6, 6.07) is 0.380. The molecule has 6 heteroatoms. The van der Waals surface area contributed by atoms with E-state index in [1.807, 2.05) is 0 Å². The zero-order valence-electron chi connectivity index (χ0n) is 12.1. The smallest absolute Gasteiger partial charge is 0.226 e. The highest BCUT2D eigenvalue weighted by atomic mass is 15.3. The molecular formula is C13H22N6. The molecule has 2 N–H and O–H groups in total. The van der Waals surface area contributed by atoms with Gasteiger partial charge in [-0.2, -0.15) is 9.97 Å². The predicted octanol–water partition coefficient (Wildman–Crippen LogP) is 2.41. The van der Waals surface area contributed by atoms with Crippen molar-refractivity contribution in [1.29, 1.82) is 0 Å². The van der Waals surface area contributed by atoms with Crippen molar-refractivity contribution in [2.75, 3.05) is 23.3 Å². The Morgan fingerprint density at radius 2 is 2.11 bits per heavy atom. The molecule has 0 fully saturated rings. The van der Waals surface area contributed by atoms with Gasteiger partial charge in [-0.3, -0.25) is 0 Å². The Bertz CT molecular complexity index is 533. The van der Waals surface area contributed by atoms with E-state index in [1.54, 1.807) is 6.33 Å². The normalized spacial score (nSPS) is 11.2. The van der Waals surface area contributed by atoms with Crippen LogP contribution in [0.1, 0.15) is 34.1 Å². The Labute approximate surface area is 113 Å². The van der Waals surface area contributed by atoms with Gasteiger partial charge >= 0.3 is 0 Å². The van der Waals surface area contributed by atoms with Crippen molar-refractivity contribution < 1.29 is 0 Å². The van der Waals surface area contributed by atoms with E-state index < -0.39 is 0 Å². The summed E-state index contributed by atoms with van der Waals surface area (Å²) in [4.78, 5) is 18.7. The van der Waals surface area contributed by atoms with Gasteiger partial charge in [0, 0.05) is 19.1 Å². The second-order valence-electron chi connectivity index (χ2n) is 4.78. The zero-order chi connectivity index (χ0) is 13.8. The van der Waals surface area contributed by atoms with Crippen LogP contribution in [0, 0.1) is 0 Å². The lowest BCUT2D eigenvalue weighted by atomic mass is 10.3. The molecule has 0 unspecified atom stereocenters. The van der Waals surface area contributed by atoms with Crippen LogP contribution in [0.15, 0.2) is 6.33 Å². The van der Waals surface area contributed by atoms with Gasteiger partial charge in [0.05, 0.1) is 6.33 Å². The van der Waals surface area contributed by atoms with Crippen LogP contribution < -0.4 is 10.2 Å². The summed E-state index contributed by atoms with van der Waals surface area (Å²) in [7, 11) is 0. The number of hydrogen-bond donors (Lipinski definition) is 2. The SMILES string of the molecule is CCCNc1nc(N(CC)C(C)C)c2[nH]cnc2n1. The lowest BCUT2D eigenvalue weighted by Crippen LogP contribution is -2.31. The molecule has 0 amide bonds. The number of aromatic nitrogens is 4. The van der Waals surface area contributed by atoms with Gasteiger partial charge in [-0.05, 0) is 27.2 Å². The minimum absolute atomic E-state index is 0.380. The quantitative estimate of drug-likeness (QED) is 0.836. The molecule has 6 nitrogen and oxygen atoms in total. The van der Waals surface area contributed by atoms with Crippen molar-refractivity contribution in [2.45, 2.75) is 40.2 Å². The third-order valence-corrected chi connectivity index (χ3v) is 3.04. The van der Waals surface area contributed by atoms with Crippen LogP contribution in [0.3, 0.4) is 0 Å². The van der Waals surface area contributed by atoms with Crippen LogP contribution in [0.2, 0.25) is 0 Å². The van der Waals surface area contributed by atoms with Crippen LogP contribution >= 0.6 is 0 Å². The molecular weight excluding hydrogens is 240 g/mol. The maximum absolute atomic E-state index is 4.64. The van der Waals surface area contributed by atoms with Crippen LogP contribution in [-0.2, 0) is 0 Å². The second-order valence-corrected chi connectivity index (χ2v) is 4.78. The molecule has 0 atom stereocenters. The highest BCUT2D eigenvalue weighted by molar-refractivity contribution is 5.84. The second kappa shape index (κ2) is 5.86. The minimum atomic E-state index is 0.380. The molecule has 0 saturated carbocycles. The summed E-state index contributed by atoms with van der Waals surface area (Å²) in [6.07, 6.45) is 2.71. The fourth-order valence-electron chi connectivity index (χ4n) is 2.10. The van der Waals surface area contributed by atoms with Crippen LogP contribution in [0.5, 0.6) is 0 Å².